The summed E-state index contributed by atoms with van der Waals surface area (Å²) in [6.07, 6.45) is 4.72. The SMILES string of the molecule is CCC(C)C(C(CC(=O)N1CCCC1C(OC)C(C)C(=O)Nc1cc(/C=C\c2cc(OC)c3c(c2)OCO3)ccc1OC)OC)N(C)C(=O)C(NC(=O)C(C(C)C)N(C)C)C(C)C. The molecule has 0 aromatic heterocycles. The molecule has 2 aromatic rings. The number of rotatable bonds is 22. The van der Waals surface area contributed by atoms with Crippen LogP contribution in [0.3, 0.4) is 0 Å². The highest BCUT2D eigenvalue weighted by molar-refractivity contribution is 5.95. The molecule has 0 bridgehead atoms. The number of carbonyl (C=O) groups excluding carboxylic acids is 4. The first kappa shape index (κ1) is 50.8. The Morgan fingerprint density at radius 2 is 1.54 bits per heavy atom. The smallest absolute Gasteiger partial charge is 0.245 e. The van der Waals surface area contributed by atoms with Crippen LogP contribution in [0.1, 0.15) is 85.3 Å². The quantitative estimate of drug-likeness (QED) is 0.130. The molecular formula is C48H73N5O10. The Bertz CT molecular complexity index is 1890. The molecule has 1 saturated heterocycles. The van der Waals surface area contributed by atoms with Gasteiger partial charge in [0.2, 0.25) is 36.2 Å². The Morgan fingerprint density at radius 3 is 2.13 bits per heavy atom. The first-order valence-electron chi connectivity index (χ1n) is 22.2. The molecule has 2 aromatic carbocycles. The Kier molecular flexibility index (Phi) is 18.7. The lowest BCUT2D eigenvalue weighted by molar-refractivity contribution is -0.147. The molecule has 15 heteroatoms. The molecule has 15 nitrogen and oxygen atoms in total. The van der Waals surface area contributed by atoms with E-state index in [-0.39, 0.29) is 60.6 Å². The zero-order valence-electron chi connectivity index (χ0n) is 40.0. The molecule has 2 aliphatic heterocycles. The van der Waals surface area contributed by atoms with Crippen LogP contribution < -0.4 is 29.6 Å². The minimum absolute atomic E-state index is 0.0158. The van der Waals surface area contributed by atoms with Crippen LogP contribution in [0.4, 0.5) is 5.69 Å². The van der Waals surface area contributed by atoms with Crippen molar-refractivity contribution in [3.05, 3.63) is 41.5 Å². The molecule has 8 unspecified atom stereocenters. The second-order valence-electron chi connectivity index (χ2n) is 17.7. The molecule has 2 heterocycles. The predicted octanol–water partition coefficient (Wildman–Crippen LogP) is 6.19. The number of ether oxygens (including phenoxy) is 6. The van der Waals surface area contributed by atoms with E-state index < -0.39 is 36.3 Å². The molecule has 4 amide bonds. The molecule has 63 heavy (non-hydrogen) atoms. The van der Waals surface area contributed by atoms with Crippen LogP contribution in [-0.4, -0.2) is 138 Å². The van der Waals surface area contributed by atoms with E-state index in [1.807, 2.05) is 97.0 Å². The summed E-state index contributed by atoms with van der Waals surface area (Å²) in [6.45, 7) is 14.3. The van der Waals surface area contributed by atoms with Crippen LogP contribution in [0.15, 0.2) is 30.3 Å². The minimum atomic E-state index is -0.772. The van der Waals surface area contributed by atoms with Crippen molar-refractivity contribution < 1.29 is 47.6 Å². The number of benzene rings is 2. The number of likely N-dealkylation sites (tertiary alicyclic amines) is 1. The fraction of sp³-hybridized carbons (Fsp3) is 0.625. The number of amides is 4. The van der Waals surface area contributed by atoms with Crippen LogP contribution >= 0.6 is 0 Å². The number of anilines is 1. The van der Waals surface area contributed by atoms with Crippen molar-refractivity contribution in [1.82, 2.24) is 20.0 Å². The van der Waals surface area contributed by atoms with Gasteiger partial charge in [0.05, 0.1) is 62.6 Å². The van der Waals surface area contributed by atoms with Crippen molar-refractivity contribution in [3.63, 3.8) is 0 Å². The Morgan fingerprint density at radius 1 is 0.857 bits per heavy atom. The molecule has 2 N–H and O–H groups in total. The summed E-state index contributed by atoms with van der Waals surface area (Å²) in [5, 5.41) is 6.10. The predicted molar refractivity (Wildman–Crippen MR) is 245 cm³/mol. The van der Waals surface area contributed by atoms with Crippen molar-refractivity contribution in [1.29, 1.82) is 0 Å². The Labute approximate surface area is 375 Å². The highest BCUT2D eigenvalue weighted by atomic mass is 16.7. The molecule has 8 atom stereocenters. The van der Waals surface area contributed by atoms with Crippen LogP contribution in [0, 0.1) is 23.7 Å². The number of nitrogens with zero attached hydrogens (tertiary/aromatic N) is 3. The van der Waals surface area contributed by atoms with Gasteiger partial charge in [0.1, 0.15) is 11.8 Å². The van der Waals surface area contributed by atoms with Crippen molar-refractivity contribution in [2.75, 3.05) is 68.2 Å². The first-order chi connectivity index (χ1) is 29.9. The third-order valence-electron chi connectivity index (χ3n) is 12.6. The highest BCUT2D eigenvalue weighted by Gasteiger charge is 2.43. The molecule has 0 radical (unpaired) electrons. The average molecular weight is 880 g/mol. The molecule has 2 aliphatic rings. The van der Waals surface area contributed by atoms with E-state index in [0.717, 1.165) is 24.0 Å². The van der Waals surface area contributed by atoms with Gasteiger partial charge in [-0.2, -0.15) is 0 Å². The van der Waals surface area contributed by atoms with Gasteiger partial charge in [0.15, 0.2) is 11.5 Å². The molecule has 350 valence electrons. The molecular weight excluding hydrogens is 807 g/mol. The van der Waals surface area contributed by atoms with Gasteiger partial charge in [0.25, 0.3) is 0 Å². The summed E-state index contributed by atoms with van der Waals surface area (Å²) in [5.41, 5.74) is 2.15. The number of nitrogens with one attached hydrogen (secondary N) is 2. The monoisotopic (exact) mass is 880 g/mol. The number of hydrogen-bond acceptors (Lipinski definition) is 11. The summed E-state index contributed by atoms with van der Waals surface area (Å²) in [5.74, 6) is 0.534. The lowest BCUT2D eigenvalue weighted by atomic mass is 9.89. The minimum Gasteiger partial charge on any atom is -0.495 e. The topological polar surface area (TPSA) is 157 Å². The summed E-state index contributed by atoms with van der Waals surface area (Å²) in [6, 6.07) is 7.24. The number of methoxy groups -OCH3 is 4. The van der Waals surface area contributed by atoms with Gasteiger partial charge in [-0.1, -0.05) is 73.1 Å². The summed E-state index contributed by atoms with van der Waals surface area (Å²) >= 11 is 0. The molecule has 0 spiro atoms. The van der Waals surface area contributed by atoms with Crippen molar-refractivity contribution in [2.24, 2.45) is 23.7 Å². The third-order valence-corrected chi connectivity index (χ3v) is 12.6. The van der Waals surface area contributed by atoms with Crippen LogP contribution in [-0.2, 0) is 28.7 Å². The lowest BCUT2D eigenvalue weighted by Gasteiger charge is -2.41. The van der Waals surface area contributed by atoms with Crippen molar-refractivity contribution in [2.45, 2.75) is 111 Å². The largest absolute Gasteiger partial charge is 0.495 e. The Hall–Kier alpha value is -4.86. The average Bonchev–Trinajstić information content (AvgIpc) is 3.94. The number of hydrogen-bond donors (Lipinski definition) is 2. The van der Waals surface area contributed by atoms with Crippen LogP contribution in [0.2, 0.25) is 0 Å². The molecule has 0 saturated carbocycles. The number of likely N-dealkylation sites (N-methyl/N-ethyl adjacent to an activating group) is 2. The van der Waals surface area contributed by atoms with Gasteiger partial charge in [-0.05, 0) is 80.1 Å². The standard InChI is InChI=1S/C48H73N5O10/c1-15-30(6)43(52(10)48(57)41(28(2)3)50-47(56)42(29(4)5)51(8)9)37(59-12)26-40(54)53-22-16-17-35(53)44(61-14)31(7)46(55)49-34-23-32(20-21-36(34)58-11)18-19-33-24-38(60-13)45-39(25-33)62-27-63-45/h18-21,23-25,28-31,35,37,41-44H,15-17,22,26-27H2,1-14H3,(H,49,55)(H,50,56)/b19-18-. The summed E-state index contributed by atoms with van der Waals surface area (Å²) < 4.78 is 34.3. The number of fused-ring (bicyclic) bond motifs is 1. The summed E-state index contributed by atoms with van der Waals surface area (Å²) in [4.78, 5) is 61.6. The van der Waals surface area contributed by atoms with Gasteiger partial charge < -0.3 is 48.9 Å². The molecule has 4 rings (SSSR count). The second kappa shape index (κ2) is 23.2. The van der Waals surface area contributed by atoms with Crippen molar-refractivity contribution in [3.8, 4) is 23.0 Å². The maximum absolute atomic E-state index is 14.4. The van der Waals surface area contributed by atoms with Gasteiger partial charge >= 0.3 is 0 Å². The third kappa shape index (κ3) is 12.2. The zero-order valence-corrected chi connectivity index (χ0v) is 40.0. The van der Waals surface area contributed by atoms with E-state index in [4.69, 9.17) is 28.4 Å². The highest BCUT2D eigenvalue weighted by Crippen LogP contribution is 2.42. The first-order valence-corrected chi connectivity index (χ1v) is 22.2. The fourth-order valence-corrected chi connectivity index (χ4v) is 9.02. The van der Waals surface area contributed by atoms with Crippen LogP contribution in [0.5, 0.6) is 23.0 Å². The lowest BCUT2D eigenvalue weighted by Crippen LogP contribution is -2.59. The Balaban J connectivity index is 1.49. The normalized spacial score (nSPS) is 18.2. The zero-order chi connectivity index (χ0) is 46.7. The van der Waals surface area contributed by atoms with E-state index in [0.29, 0.717) is 41.7 Å². The maximum Gasteiger partial charge on any atom is 0.245 e. The second-order valence-corrected chi connectivity index (χ2v) is 17.7. The van der Waals surface area contributed by atoms with E-state index in [1.54, 1.807) is 58.3 Å². The van der Waals surface area contributed by atoms with Gasteiger partial charge in [0, 0.05) is 27.8 Å². The van der Waals surface area contributed by atoms with Gasteiger partial charge in [-0.15, -0.1) is 0 Å². The van der Waals surface area contributed by atoms with Crippen molar-refractivity contribution >= 4 is 41.5 Å². The maximum atomic E-state index is 14.4. The van der Waals surface area contributed by atoms with Crippen LogP contribution in [0.25, 0.3) is 12.2 Å². The van der Waals surface area contributed by atoms with E-state index in [1.165, 1.54) is 0 Å². The van der Waals surface area contributed by atoms with Gasteiger partial charge in [-0.3, -0.25) is 24.1 Å². The van der Waals surface area contributed by atoms with E-state index in [2.05, 4.69) is 10.6 Å². The molecule has 0 aliphatic carbocycles. The summed E-state index contributed by atoms with van der Waals surface area (Å²) in [7, 11) is 11.7. The number of carbonyl (C=O) groups is 4. The molecule has 1 fully saturated rings. The fourth-order valence-electron chi connectivity index (χ4n) is 9.02. The van der Waals surface area contributed by atoms with Gasteiger partial charge in [-0.25, -0.2) is 0 Å². The van der Waals surface area contributed by atoms with E-state index >= 15 is 0 Å². The van der Waals surface area contributed by atoms with E-state index in [9.17, 15) is 19.2 Å².